The highest BCUT2D eigenvalue weighted by Crippen LogP contribution is 2.40. The van der Waals surface area contributed by atoms with Crippen LogP contribution in [0.25, 0.3) is 34.2 Å². The van der Waals surface area contributed by atoms with Crippen molar-refractivity contribution in [1.82, 2.24) is 84.7 Å². The molecule has 5 heterocycles. The quantitative estimate of drug-likeness (QED) is 0.0252. The summed E-state index contributed by atoms with van der Waals surface area (Å²) in [4.78, 5) is 131. The summed E-state index contributed by atoms with van der Waals surface area (Å²) < 4.78 is 15.3. The number of hydrogen-bond donors (Lipinski definition) is 11. The lowest BCUT2D eigenvalue weighted by Crippen LogP contribution is -2.52. The van der Waals surface area contributed by atoms with Crippen molar-refractivity contribution in [3.8, 4) is 57.1 Å². The standard InChI is InChI=1S/C78H107N17O19/c1-7-79-76(109)74-84-82-72(59-39-57(50(3)4)62(96)41-64(59)98)94(74)55-13-9-52(10-14-55)43-86-27-33-92(34-28-86)67(101)19-37-113-48-54(81-66(100)18-17-61(78(111)112)91-31-25-89(46-70(105)106)23-21-88(45-69(103)104)22-24-90(26-32-91)47-71(107)108)49-114-38-20-68(102)93-35-29-87(30-36-93)44-53-11-15-56(16-12-53)95-73(83-85-75(95)77(110)80-8-2)60-40-58(51(5)6)63(97)42-65(60)99/h9-16,39-42,50-51,54,61,96-99H,7-8,17-38,43-49H2,1-6H3,(H,79,109)(H,80,110)(H,81,100)(H,103,104)(H,105,106)(H,107,108)(H,111,112)/t61-/m1/s1. The number of phenolic OH excluding ortho intramolecular Hbond substituents is 4. The number of nitrogens with one attached hydrogen (secondary N) is 3. The Labute approximate surface area is 660 Å². The van der Waals surface area contributed by atoms with Crippen molar-refractivity contribution in [3.63, 3.8) is 0 Å². The second-order valence-corrected chi connectivity index (χ2v) is 29.2. The minimum absolute atomic E-state index is 0.00490. The van der Waals surface area contributed by atoms with Crippen LogP contribution in [0, 0.1) is 0 Å². The van der Waals surface area contributed by atoms with Gasteiger partial charge in [0.1, 0.15) is 29.0 Å². The van der Waals surface area contributed by atoms with Crippen molar-refractivity contribution in [3.05, 3.63) is 107 Å². The molecule has 4 aromatic carbocycles. The number of amides is 5. The number of carboxylic acids is 4. The Morgan fingerprint density at radius 1 is 0.447 bits per heavy atom. The minimum atomic E-state index is -1.29. The normalized spacial score (nSPS) is 15.9. The Hall–Kier alpha value is -10.7. The highest BCUT2D eigenvalue weighted by atomic mass is 16.5. The van der Waals surface area contributed by atoms with E-state index in [4.69, 9.17) is 9.47 Å². The van der Waals surface area contributed by atoms with Gasteiger partial charge in [-0.15, -0.1) is 20.4 Å². The molecule has 0 saturated carbocycles. The molecule has 36 heteroatoms. The number of aromatic nitrogens is 6. The number of piperazine rings is 2. The lowest BCUT2D eigenvalue weighted by molar-refractivity contribution is -0.145. The Bertz CT molecular complexity index is 4050. The lowest BCUT2D eigenvalue weighted by atomic mass is 9.98. The SMILES string of the molecule is CCNC(=O)c1nnc(-c2cc(C(C)C)c(O)cc2O)n1-c1ccc(CN2CCN(C(=O)CCOCC(COCCC(=O)N3CCN(Cc4ccc(-n5c(C(=O)NCC)nnc5-c5cc(C(C)C)c(O)cc5O)cc4)CC3)NC(=O)CC[C@H](C(=O)O)N3CCN(CC(=O)O)CCN(CC(=O)O)CCN(CC(=O)O)CC3)CC2)cc1. The smallest absolute Gasteiger partial charge is 0.320 e. The zero-order chi connectivity index (χ0) is 82.3. The fourth-order valence-corrected chi connectivity index (χ4v) is 14.1. The molecular weight excluding hydrogens is 1480 g/mol. The molecule has 0 radical (unpaired) electrons. The Kier molecular flexibility index (Phi) is 32.0. The molecule has 114 heavy (non-hydrogen) atoms. The topological polar surface area (TPSA) is 457 Å². The summed E-state index contributed by atoms with van der Waals surface area (Å²) in [6.07, 6.45) is -0.517. The van der Waals surface area contributed by atoms with Gasteiger partial charge in [0, 0.05) is 161 Å². The monoisotopic (exact) mass is 1590 g/mol. The molecule has 5 amide bonds. The molecule has 0 unspecified atom stereocenters. The number of ether oxygens (including phenoxy) is 2. The fourth-order valence-electron chi connectivity index (χ4n) is 14.1. The molecule has 2 aromatic heterocycles. The number of carboxylic acid groups (broad SMARTS) is 4. The van der Waals surface area contributed by atoms with Gasteiger partial charge < -0.3 is 76.1 Å². The number of aromatic hydroxyl groups is 4. The first-order valence-corrected chi connectivity index (χ1v) is 38.6. The van der Waals surface area contributed by atoms with Gasteiger partial charge in [0.15, 0.2) is 11.6 Å². The second kappa shape index (κ2) is 41.9. The molecule has 11 N–H and O–H groups in total. The zero-order valence-corrected chi connectivity index (χ0v) is 65.5. The number of aliphatic carboxylic acids is 4. The van der Waals surface area contributed by atoms with Gasteiger partial charge in [-0.25, -0.2) is 0 Å². The lowest BCUT2D eigenvalue weighted by Gasteiger charge is -2.35. The first kappa shape index (κ1) is 87.2. The number of rotatable bonds is 36. The largest absolute Gasteiger partial charge is 0.508 e. The van der Waals surface area contributed by atoms with Crippen LogP contribution < -0.4 is 16.0 Å². The van der Waals surface area contributed by atoms with Crippen LogP contribution in [0.1, 0.15) is 123 Å². The van der Waals surface area contributed by atoms with Crippen LogP contribution in [-0.4, -0.2) is 339 Å². The Morgan fingerprint density at radius 3 is 1.15 bits per heavy atom. The molecule has 9 rings (SSSR count). The zero-order valence-electron chi connectivity index (χ0n) is 65.5. The van der Waals surface area contributed by atoms with E-state index in [1.807, 2.05) is 76.2 Å². The van der Waals surface area contributed by atoms with Crippen molar-refractivity contribution in [1.29, 1.82) is 0 Å². The number of benzene rings is 4. The van der Waals surface area contributed by atoms with Crippen molar-refractivity contribution >= 4 is 53.4 Å². The van der Waals surface area contributed by atoms with Gasteiger partial charge in [-0.05, 0) is 90.8 Å². The number of nitrogens with zero attached hydrogens (tertiary/aromatic N) is 14. The molecule has 6 aromatic rings. The molecule has 0 bridgehead atoms. The van der Waals surface area contributed by atoms with E-state index < -0.39 is 66.8 Å². The molecule has 618 valence electrons. The van der Waals surface area contributed by atoms with Crippen LogP contribution in [0.15, 0.2) is 72.8 Å². The van der Waals surface area contributed by atoms with E-state index in [2.05, 4.69) is 46.1 Å². The summed E-state index contributed by atoms with van der Waals surface area (Å²) in [5.74, 6) is -6.88. The number of phenols is 4. The van der Waals surface area contributed by atoms with Gasteiger partial charge in [-0.3, -0.25) is 81.7 Å². The van der Waals surface area contributed by atoms with E-state index in [-0.39, 0.29) is 192 Å². The summed E-state index contributed by atoms with van der Waals surface area (Å²) in [6.45, 7) is 16.0. The van der Waals surface area contributed by atoms with Gasteiger partial charge in [0.25, 0.3) is 11.8 Å². The third kappa shape index (κ3) is 24.4. The number of carbonyl (C=O) groups excluding carboxylic acids is 5. The summed E-state index contributed by atoms with van der Waals surface area (Å²) in [7, 11) is 0. The third-order valence-electron chi connectivity index (χ3n) is 20.3. The van der Waals surface area contributed by atoms with E-state index in [1.54, 1.807) is 64.5 Å². The predicted octanol–water partition coefficient (Wildman–Crippen LogP) is 2.75. The van der Waals surface area contributed by atoms with E-state index in [0.717, 1.165) is 11.1 Å². The maximum Gasteiger partial charge on any atom is 0.320 e. The summed E-state index contributed by atoms with van der Waals surface area (Å²) in [5.41, 5.74) is 4.74. The van der Waals surface area contributed by atoms with E-state index >= 15 is 0 Å². The highest BCUT2D eigenvalue weighted by Gasteiger charge is 2.33. The van der Waals surface area contributed by atoms with E-state index in [1.165, 1.54) is 12.1 Å². The van der Waals surface area contributed by atoms with E-state index in [0.29, 0.717) is 101 Å². The summed E-state index contributed by atoms with van der Waals surface area (Å²) in [5, 5.41) is 109. The van der Waals surface area contributed by atoms with Crippen LogP contribution in [0.3, 0.4) is 0 Å². The summed E-state index contributed by atoms with van der Waals surface area (Å²) in [6, 6.07) is 18.6. The molecule has 36 nitrogen and oxygen atoms in total. The molecule has 3 saturated heterocycles. The van der Waals surface area contributed by atoms with Crippen LogP contribution in [0.4, 0.5) is 0 Å². The molecule has 3 aliphatic rings. The maximum atomic E-state index is 14.0. The fraction of sp³-hybridized carbons (Fsp3) is 0.526. The average molecular weight is 1590 g/mol. The van der Waals surface area contributed by atoms with Crippen LogP contribution in [-0.2, 0) is 56.1 Å². The minimum Gasteiger partial charge on any atom is -0.508 e. The first-order valence-electron chi connectivity index (χ1n) is 38.6. The van der Waals surface area contributed by atoms with Crippen molar-refractivity contribution in [2.45, 2.75) is 104 Å². The summed E-state index contributed by atoms with van der Waals surface area (Å²) >= 11 is 0. The van der Waals surface area contributed by atoms with E-state index in [9.17, 15) is 84.0 Å². The third-order valence-corrected chi connectivity index (χ3v) is 20.3. The molecule has 1 atom stereocenters. The molecule has 0 spiro atoms. The van der Waals surface area contributed by atoms with Crippen LogP contribution in [0.5, 0.6) is 23.0 Å². The van der Waals surface area contributed by atoms with Crippen molar-refractivity contribution in [2.75, 3.05) is 164 Å². The van der Waals surface area contributed by atoms with Gasteiger partial charge in [0.05, 0.1) is 76.1 Å². The Balaban J connectivity index is 0.801. The molecule has 3 fully saturated rings. The van der Waals surface area contributed by atoms with Gasteiger partial charge in [0.2, 0.25) is 29.4 Å². The maximum absolute atomic E-state index is 14.0. The van der Waals surface area contributed by atoms with Gasteiger partial charge in [-0.2, -0.15) is 0 Å². The predicted molar refractivity (Wildman–Crippen MR) is 415 cm³/mol. The van der Waals surface area contributed by atoms with Crippen molar-refractivity contribution in [2.24, 2.45) is 0 Å². The number of hydrogen-bond acceptors (Lipinski definition) is 25. The molecule has 0 aliphatic carbocycles. The molecule has 3 aliphatic heterocycles. The average Bonchev–Trinajstić information content (AvgIpc) is 1.60. The van der Waals surface area contributed by atoms with Crippen molar-refractivity contribution < 1.29 is 93.5 Å². The number of carbonyl (C=O) groups is 9. The first-order chi connectivity index (χ1) is 54.6. The molecular formula is C78H107N17O19. The van der Waals surface area contributed by atoms with Crippen LogP contribution >= 0.6 is 0 Å². The van der Waals surface area contributed by atoms with Gasteiger partial charge >= 0.3 is 23.9 Å². The van der Waals surface area contributed by atoms with Gasteiger partial charge in [-0.1, -0.05) is 52.0 Å². The highest BCUT2D eigenvalue weighted by molar-refractivity contribution is 5.93. The Morgan fingerprint density at radius 2 is 0.807 bits per heavy atom. The second-order valence-electron chi connectivity index (χ2n) is 29.2. The van der Waals surface area contributed by atoms with Crippen LogP contribution in [0.2, 0.25) is 0 Å².